The van der Waals surface area contributed by atoms with Gasteiger partial charge in [-0.2, -0.15) is 0 Å². The first kappa shape index (κ1) is 9.96. The quantitative estimate of drug-likeness (QED) is 0.752. The van der Waals surface area contributed by atoms with Crippen LogP contribution in [-0.2, 0) is 0 Å². The van der Waals surface area contributed by atoms with Crippen LogP contribution in [0, 0.1) is 0 Å². The van der Waals surface area contributed by atoms with E-state index < -0.39 is 0 Å². The molecule has 1 unspecified atom stereocenters. The van der Waals surface area contributed by atoms with E-state index in [0.29, 0.717) is 5.92 Å². The number of carbonyl (C=O) groups is 1. The maximum Gasteiger partial charge on any atom is 0.314 e. The van der Waals surface area contributed by atoms with E-state index >= 15 is 0 Å². The summed E-state index contributed by atoms with van der Waals surface area (Å²) in [5, 5.41) is 0. The predicted molar refractivity (Wildman–Crippen MR) is 57.4 cm³/mol. The largest absolute Gasteiger partial charge is 0.351 e. The molecule has 1 aromatic heterocycles. The van der Waals surface area contributed by atoms with Crippen LogP contribution in [0.25, 0.3) is 0 Å². The number of amides is 2. The predicted octanol–water partition coefficient (Wildman–Crippen LogP) is 1.34. The van der Waals surface area contributed by atoms with Gasteiger partial charge in [0.05, 0.1) is 0 Å². The van der Waals surface area contributed by atoms with Gasteiger partial charge in [-0.3, -0.25) is 4.98 Å². The molecule has 80 valence electrons. The zero-order valence-corrected chi connectivity index (χ0v) is 8.60. The normalized spacial score (nSPS) is 21.3. The van der Waals surface area contributed by atoms with E-state index in [0.717, 1.165) is 25.9 Å². The molecule has 1 aliphatic heterocycles. The van der Waals surface area contributed by atoms with Gasteiger partial charge < -0.3 is 10.6 Å². The maximum absolute atomic E-state index is 11.1. The zero-order valence-electron chi connectivity index (χ0n) is 8.60. The van der Waals surface area contributed by atoms with E-state index in [-0.39, 0.29) is 6.03 Å². The van der Waals surface area contributed by atoms with Gasteiger partial charge in [0.1, 0.15) is 0 Å². The highest BCUT2D eigenvalue weighted by atomic mass is 16.2. The third kappa shape index (κ3) is 2.26. The number of rotatable bonds is 1. The Hall–Kier alpha value is -1.58. The van der Waals surface area contributed by atoms with Gasteiger partial charge in [0, 0.05) is 31.4 Å². The molecule has 0 radical (unpaired) electrons. The molecule has 1 fully saturated rings. The first-order chi connectivity index (χ1) is 7.27. The maximum atomic E-state index is 11.1. The summed E-state index contributed by atoms with van der Waals surface area (Å²) in [6.45, 7) is 1.51. The van der Waals surface area contributed by atoms with Crippen molar-refractivity contribution >= 4 is 6.03 Å². The first-order valence-corrected chi connectivity index (χ1v) is 5.21. The Morgan fingerprint density at radius 3 is 3.13 bits per heavy atom. The van der Waals surface area contributed by atoms with E-state index in [1.807, 2.05) is 12.3 Å². The summed E-state index contributed by atoms with van der Waals surface area (Å²) in [6, 6.07) is 3.67. The fraction of sp³-hybridized carbons (Fsp3) is 0.455. The number of pyridine rings is 1. The lowest BCUT2D eigenvalue weighted by Gasteiger charge is -2.31. The highest BCUT2D eigenvalue weighted by Gasteiger charge is 2.23. The van der Waals surface area contributed by atoms with E-state index in [1.165, 1.54) is 5.56 Å². The fourth-order valence-electron chi connectivity index (χ4n) is 2.07. The molecule has 1 aromatic rings. The van der Waals surface area contributed by atoms with Crippen molar-refractivity contribution < 1.29 is 4.79 Å². The molecule has 4 nitrogen and oxygen atoms in total. The van der Waals surface area contributed by atoms with Crippen molar-refractivity contribution in [3.05, 3.63) is 30.1 Å². The van der Waals surface area contributed by atoms with Gasteiger partial charge in [-0.25, -0.2) is 4.79 Å². The third-order valence-corrected chi connectivity index (χ3v) is 2.89. The number of hydrogen-bond acceptors (Lipinski definition) is 2. The standard InChI is InChI=1S/C11H15N3O/c12-11(15)14-6-2-4-10(8-14)9-3-1-5-13-7-9/h1,3,5,7,10H,2,4,6,8H2,(H2,12,15). The molecule has 0 bridgehead atoms. The summed E-state index contributed by atoms with van der Waals surface area (Å²) < 4.78 is 0. The van der Waals surface area contributed by atoms with Gasteiger partial charge in [-0.05, 0) is 24.5 Å². The van der Waals surface area contributed by atoms with Gasteiger partial charge in [0.15, 0.2) is 0 Å². The highest BCUT2D eigenvalue weighted by Crippen LogP contribution is 2.25. The number of hydrogen-bond donors (Lipinski definition) is 1. The SMILES string of the molecule is NC(=O)N1CCCC(c2cccnc2)C1. The Labute approximate surface area is 89.1 Å². The van der Waals surface area contributed by atoms with E-state index in [4.69, 9.17) is 5.73 Å². The lowest BCUT2D eigenvalue weighted by Crippen LogP contribution is -2.42. The molecule has 1 saturated heterocycles. The smallest absolute Gasteiger partial charge is 0.314 e. The number of aromatic nitrogens is 1. The molecule has 0 aliphatic carbocycles. The van der Waals surface area contributed by atoms with Gasteiger partial charge in [-0.15, -0.1) is 0 Å². The molecule has 0 spiro atoms. The van der Waals surface area contributed by atoms with Crippen molar-refractivity contribution in [1.82, 2.24) is 9.88 Å². The Morgan fingerprint density at radius 1 is 1.60 bits per heavy atom. The van der Waals surface area contributed by atoms with Crippen molar-refractivity contribution in [2.45, 2.75) is 18.8 Å². The van der Waals surface area contributed by atoms with Crippen LogP contribution in [0.1, 0.15) is 24.3 Å². The number of urea groups is 1. The van der Waals surface area contributed by atoms with Crippen molar-refractivity contribution in [3.8, 4) is 0 Å². The third-order valence-electron chi connectivity index (χ3n) is 2.89. The topological polar surface area (TPSA) is 59.2 Å². The lowest BCUT2D eigenvalue weighted by molar-refractivity contribution is 0.189. The molecule has 4 heteroatoms. The van der Waals surface area contributed by atoms with E-state index in [1.54, 1.807) is 11.1 Å². The van der Waals surface area contributed by atoms with Crippen molar-refractivity contribution in [3.63, 3.8) is 0 Å². The Morgan fingerprint density at radius 2 is 2.47 bits per heavy atom. The van der Waals surface area contributed by atoms with Crippen LogP contribution < -0.4 is 5.73 Å². The number of likely N-dealkylation sites (tertiary alicyclic amines) is 1. The molecule has 15 heavy (non-hydrogen) atoms. The summed E-state index contributed by atoms with van der Waals surface area (Å²) in [5.74, 6) is 0.389. The summed E-state index contributed by atoms with van der Waals surface area (Å²) in [7, 11) is 0. The van der Waals surface area contributed by atoms with Crippen LogP contribution in [0.15, 0.2) is 24.5 Å². The van der Waals surface area contributed by atoms with Gasteiger partial charge in [0.25, 0.3) is 0 Å². The van der Waals surface area contributed by atoms with Crippen LogP contribution in [0.5, 0.6) is 0 Å². The monoisotopic (exact) mass is 205 g/mol. The van der Waals surface area contributed by atoms with Crippen LogP contribution in [0.3, 0.4) is 0 Å². The molecular weight excluding hydrogens is 190 g/mol. The Balaban J connectivity index is 2.08. The van der Waals surface area contributed by atoms with Gasteiger partial charge in [-0.1, -0.05) is 6.07 Å². The van der Waals surface area contributed by atoms with Gasteiger partial charge in [0.2, 0.25) is 0 Å². The van der Waals surface area contributed by atoms with Gasteiger partial charge >= 0.3 is 6.03 Å². The number of nitrogens with two attached hydrogens (primary N) is 1. The minimum Gasteiger partial charge on any atom is -0.351 e. The molecule has 0 aromatic carbocycles. The van der Waals surface area contributed by atoms with Crippen LogP contribution >= 0.6 is 0 Å². The molecule has 2 rings (SSSR count). The minimum absolute atomic E-state index is 0.316. The summed E-state index contributed by atoms with van der Waals surface area (Å²) >= 11 is 0. The Bertz CT molecular complexity index is 339. The second kappa shape index (κ2) is 4.29. The van der Waals surface area contributed by atoms with Crippen molar-refractivity contribution in [1.29, 1.82) is 0 Å². The average molecular weight is 205 g/mol. The number of nitrogens with zero attached hydrogens (tertiary/aromatic N) is 2. The van der Waals surface area contributed by atoms with Crippen molar-refractivity contribution in [2.75, 3.05) is 13.1 Å². The molecule has 1 atom stereocenters. The molecule has 2 heterocycles. The second-order valence-corrected chi connectivity index (χ2v) is 3.91. The van der Waals surface area contributed by atoms with E-state index in [9.17, 15) is 4.79 Å². The number of primary amides is 1. The molecule has 2 amide bonds. The fourth-order valence-corrected chi connectivity index (χ4v) is 2.07. The molecule has 0 saturated carbocycles. The number of carbonyl (C=O) groups excluding carboxylic acids is 1. The molecule has 2 N–H and O–H groups in total. The summed E-state index contributed by atoms with van der Waals surface area (Å²) in [4.78, 5) is 16.9. The van der Waals surface area contributed by atoms with Crippen LogP contribution in [0.2, 0.25) is 0 Å². The summed E-state index contributed by atoms with van der Waals surface area (Å²) in [6.07, 6.45) is 5.76. The lowest BCUT2D eigenvalue weighted by atomic mass is 9.92. The Kier molecular flexibility index (Phi) is 2.85. The molecule has 1 aliphatic rings. The molecular formula is C11H15N3O. The highest BCUT2D eigenvalue weighted by molar-refractivity contribution is 5.72. The zero-order chi connectivity index (χ0) is 10.7. The van der Waals surface area contributed by atoms with Crippen LogP contribution in [0.4, 0.5) is 4.79 Å². The number of piperidine rings is 1. The average Bonchev–Trinajstić information content (AvgIpc) is 2.30. The summed E-state index contributed by atoms with van der Waals surface area (Å²) in [5.41, 5.74) is 6.48. The minimum atomic E-state index is -0.316. The van der Waals surface area contributed by atoms with Crippen LogP contribution in [-0.4, -0.2) is 29.0 Å². The van der Waals surface area contributed by atoms with E-state index in [2.05, 4.69) is 11.1 Å². The van der Waals surface area contributed by atoms with Crippen molar-refractivity contribution in [2.24, 2.45) is 5.73 Å². The second-order valence-electron chi connectivity index (χ2n) is 3.91. The first-order valence-electron chi connectivity index (χ1n) is 5.21.